The summed E-state index contributed by atoms with van der Waals surface area (Å²) in [7, 11) is 0. The number of benzene rings is 1. The lowest BCUT2D eigenvalue weighted by atomic mass is 10.0. The van der Waals surface area contributed by atoms with Crippen LogP contribution >= 0.6 is 12.2 Å². The molecule has 0 amide bonds. The van der Waals surface area contributed by atoms with Crippen molar-refractivity contribution in [2.45, 2.75) is 19.8 Å². The van der Waals surface area contributed by atoms with Gasteiger partial charge in [-0.3, -0.25) is 0 Å². The van der Waals surface area contributed by atoms with E-state index < -0.39 is 0 Å². The van der Waals surface area contributed by atoms with Crippen LogP contribution in [0.5, 0.6) is 0 Å². The van der Waals surface area contributed by atoms with Crippen molar-refractivity contribution in [1.82, 2.24) is 4.98 Å². The fraction of sp³-hybridized carbons (Fsp3) is 0.200. The van der Waals surface area contributed by atoms with Gasteiger partial charge in [0.1, 0.15) is 10.8 Å². The molecule has 3 nitrogen and oxygen atoms in total. The van der Waals surface area contributed by atoms with E-state index in [0.29, 0.717) is 10.9 Å². The molecular weight excluding hydrogens is 254 g/mol. The molecule has 1 aromatic heterocycles. The first-order valence-electron chi connectivity index (χ1n) is 6.19. The number of anilines is 2. The Morgan fingerprint density at radius 1 is 1.26 bits per heavy atom. The van der Waals surface area contributed by atoms with Crippen molar-refractivity contribution in [2.75, 3.05) is 5.32 Å². The Labute approximate surface area is 118 Å². The second-order valence-electron chi connectivity index (χ2n) is 4.70. The van der Waals surface area contributed by atoms with Crippen LogP contribution in [0, 0.1) is 0 Å². The summed E-state index contributed by atoms with van der Waals surface area (Å²) in [5, 5.41) is 3.27. The summed E-state index contributed by atoms with van der Waals surface area (Å²) in [6.45, 7) is 4.34. The molecule has 2 rings (SSSR count). The topological polar surface area (TPSA) is 50.9 Å². The molecule has 3 N–H and O–H groups in total. The lowest BCUT2D eigenvalue weighted by Gasteiger charge is -2.10. The predicted molar refractivity (Wildman–Crippen MR) is 83.9 cm³/mol. The monoisotopic (exact) mass is 271 g/mol. The van der Waals surface area contributed by atoms with Crippen LogP contribution in [0.25, 0.3) is 0 Å². The Hall–Kier alpha value is -1.94. The van der Waals surface area contributed by atoms with E-state index in [1.807, 2.05) is 18.2 Å². The Morgan fingerprint density at radius 2 is 2.05 bits per heavy atom. The van der Waals surface area contributed by atoms with Gasteiger partial charge in [-0.25, -0.2) is 4.98 Å². The molecule has 0 aliphatic rings. The minimum atomic E-state index is 0.376. The number of pyridine rings is 1. The average Bonchev–Trinajstić information content (AvgIpc) is 2.39. The number of rotatable bonds is 4. The van der Waals surface area contributed by atoms with E-state index in [0.717, 1.165) is 17.1 Å². The van der Waals surface area contributed by atoms with Crippen molar-refractivity contribution in [2.24, 2.45) is 5.73 Å². The van der Waals surface area contributed by atoms with Gasteiger partial charge in [0.25, 0.3) is 0 Å². The molecule has 0 fully saturated rings. The molecule has 0 unspecified atom stereocenters. The van der Waals surface area contributed by atoms with Crippen molar-refractivity contribution >= 4 is 28.7 Å². The molecule has 4 heteroatoms. The van der Waals surface area contributed by atoms with Gasteiger partial charge < -0.3 is 11.1 Å². The Bertz CT molecular complexity index is 593. The molecule has 19 heavy (non-hydrogen) atoms. The largest absolute Gasteiger partial charge is 0.389 e. The average molecular weight is 271 g/mol. The Balaban J connectivity index is 2.23. The summed E-state index contributed by atoms with van der Waals surface area (Å²) < 4.78 is 0. The van der Waals surface area contributed by atoms with Gasteiger partial charge in [-0.2, -0.15) is 0 Å². The van der Waals surface area contributed by atoms with Gasteiger partial charge in [-0.05, 0) is 35.7 Å². The minimum absolute atomic E-state index is 0.376. The molecule has 0 bridgehead atoms. The first-order chi connectivity index (χ1) is 9.06. The highest BCUT2D eigenvalue weighted by Crippen LogP contribution is 2.21. The van der Waals surface area contributed by atoms with E-state index in [1.54, 1.807) is 12.3 Å². The van der Waals surface area contributed by atoms with Crippen LogP contribution in [0.3, 0.4) is 0 Å². The van der Waals surface area contributed by atoms with E-state index in [1.165, 1.54) is 5.56 Å². The molecule has 0 radical (unpaired) electrons. The van der Waals surface area contributed by atoms with Gasteiger partial charge in [0.2, 0.25) is 0 Å². The van der Waals surface area contributed by atoms with Gasteiger partial charge in [0.05, 0.1) is 0 Å². The summed E-state index contributed by atoms with van der Waals surface area (Å²) in [6, 6.07) is 12.0. The van der Waals surface area contributed by atoms with Crippen LogP contribution in [-0.4, -0.2) is 9.97 Å². The van der Waals surface area contributed by atoms with Crippen molar-refractivity contribution in [3.63, 3.8) is 0 Å². The fourth-order valence-corrected chi connectivity index (χ4v) is 1.90. The Kier molecular flexibility index (Phi) is 4.12. The number of thiocarbonyl (C=S) groups is 1. The van der Waals surface area contributed by atoms with Crippen LogP contribution in [0.1, 0.15) is 30.9 Å². The maximum Gasteiger partial charge on any atom is 0.130 e. The molecule has 0 aliphatic carbocycles. The number of hydrogen-bond donors (Lipinski definition) is 2. The molecule has 0 saturated carbocycles. The van der Waals surface area contributed by atoms with Crippen molar-refractivity contribution in [3.8, 4) is 0 Å². The summed E-state index contributed by atoms with van der Waals surface area (Å²) in [5.74, 6) is 1.24. The van der Waals surface area contributed by atoms with Crippen LogP contribution in [-0.2, 0) is 0 Å². The van der Waals surface area contributed by atoms with Gasteiger partial charge >= 0.3 is 0 Å². The maximum absolute atomic E-state index is 5.62. The van der Waals surface area contributed by atoms with Crippen LogP contribution in [0.2, 0.25) is 0 Å². The zero-order valence-electron chi connectivity index (χ0n) is 11.1. The molecule has 1 heterocycles. The third-order valence-electron chi connectivity index (χ3n) is 2.87. The van der Waals surface area contributed by atoms with E-state index in [4.69, 9.17) is 18.0 Å². The number of nitrogens with zero attached hydrogens (tertiary/aromatic N) is 1. The third-order valence-corrected chi connectivity index (χ3v) is 3.11. The number of nitrogens with two attached hydrogens (primary N) is 1. The molecule has 0 saturated heterocycles. The highest BCUT2D eigenvalue weighted by molar-refractivity contribution is 7.80. The predicted octanol–water partition coefficient (Wildman–Crippen LogP) is 3.58. The first kappa shape index (κ1) is 13.5. The number of nitrogens with one attached hydrogen (secondary N) is 1. The zero-order chi connectivity index (χ0) is 13.8. The summed E-state index contributed by atoms with van der Waals surface area (Å²) in [5.41, 5.74) is 8.73. The Morgan fingerprint density at radius 3 is 2.74 bits per heavy atom. The minimum Gasteiger partial charge on any atom is -0.389 e. The molecule has 0 spiro atoms. The zero-order valence-corrected chi connectivity index (χ0v) is 11.9. The molecule has 0 aliphatic heterocycles. The highest BCUT2D eigenvalue weighted by atomic mass is 32.1. The smallest absolute Gasteiger partial charge is 0.130 e. The van der Waals surface area contributed by atoms with Crippen molar-refractivity contribution in [1.29, 1.82) is 0 Å². The molecule has 0 atom stereocenters. The van der Waals surface area contributed by atoms with E-state index in [9.17, 15) is 0 Å². The van der Waals surface area contributed by atoms with Gasteiger partial charge in [0, 0.05) is 17.4 Å². The van der Waals surface area contributed by atoms with Crippen LogP contribution in [0.15, 0.2) is 42.6 Å². The molecule has 1 aromatic carbocycles. The van der Waals surface area contributed by atoms with E-state index in [-0.39, 0.29) is 0 Å². The van der Waals surface area contributed by atoms with E-state index >= 15 is 0 Å². The van der Waals surface area contributed by atoms with Crippen molar-refractivity contribution in [3.05, 3.63) is 53.7 Å². The van der Waals surface area contributed by atoms with Gasteiger partial charge in [-0.15, -0.1) is 0 Å². The van der Waals surface area contributed by atoms with E-state index in [2.05, 4.69) is 36.3 Å². The number of aromatic nitrogens is 1. The highest BCUT2D eigenvalue weighted by Gasteiger charge is 2.03. The normalized spacial score (nSPS) is 10.5. The van der Waals surface area contributed by atoms with Gasteiger partial charge in [0.15, 0.2) is 0 Å². The lowest BCUT2D eigenvalue weighted by molar-refractivity contribution is 0.867. The third kappa shape index (κ3) is 3.51. The van der Waals surface area contributed by atoms with Crippen LogP contribution in [0.4, 0.5) is 11.5 Å². The summed E-state index contributed by atoms with van der Waals surface area (Å²) >= 11 is 4.96. The first-order valence-corrected chi connectivity index (χ1v) is 6.60. The molecular formula is C15H17N3S. The quantitative estimate of drug-likeness (QED) is 0.834. The second-order valence-corrected chi connectivity index (χ2v) is 5.14. The van der Waals surface area contributed by atoms with Gasteiger partial charge in [-0.1, -0.05) is 38.2 Å². The number of hydrogen-bond acceptors (Lipinski definition) is 3. The second kappa shape index (κ2) is 5.80. The molecule has 98 valence electrons. The fourth-order valence-electron chi connectivity index (χ4n) is 1.78. The maximum atomic E-state index is 5.62. The van der Waals surface area contributed by atoms with Crippen LogP contribution < -0.4 is 11.1 Å². The molecule has 2 aromatic rings. The van der Waals surface area contributed by atoms with Crippen molar-refractivity contribution < 1.29 is 0 Å². The lowest BCUT2D eigenvalue weighted by Crippen LogP contribution is -2.09. The summed E-state index contributed by atoms with van der Waals surface area (Å²) in [4.78, 5) is 4.64. The SMILES string of the molecule is CC(C)c1cccc(Nc2cc(C(N)=S)ccn2)c1. The standard InChI is InChI=1S/C15H17N3S/c1-10(2)11-4-3-5-13(8-11)18-14-9-12(15(16)19)6-7-17-14/h3-10H,1-2H3,(H2,16,19)(H,17,18). The summed E-state index contributed by atoms with van der Waals surface area (Å²) in [6.07, 6.45) is 1.70.